The number of carbonyl (C=O) groups excluding carboxylic acids is 1. The standard InChI is InChI=1S/C27H28N6O3/c34-27-33(12-1-15-35-27)22-9-13-32(14-10-22)18-21-4-2-19-16-23(5-6-24(19)30-21)36-26-7-3-20(17-28-26)25-8-11-29-31-25/h2-8,11,16-17,22H,1,9-10,12-15,18H2,(H,29,31). The molecule has 2 aliphatic heterocycles. The number of fused-ring (bicyclic) bond motifs is 1. The number of nitrogens with one attached hydrogen (secondary N) is 1. The fraction of sp³-hybridized carbons (Fsp3) is 0.333. The Morgan fingerprint density at radius 3 is 2.75 bits per heavy atom. The van der Waals surface area contributed by atoms with Gasteiger partial charge in [0.25, 0.3) is 0 Å². The highest BCUT2D eigenvalue weighted by atomic mass is 16.6. The minimum absolute atomic E-state index is 0.152. The molecule has 184 valence electrons. The molecular formula is C27H28N6O3. The Hall–Kier alpha value is -3.98. The maximum atomic E-state index is 12.0. The molecule has 4 aromatic rings. The van der Waals surface area contributed by atoms with Gasteiger partial charge < -0.3 is 14.4 Å². The van der Waals surface area contributed by atoms with E-state index < -0.39 is 0 Å². The van der Waals surface area contributed by atoms with Crippen molar-refractivity contribution < 1.29 is 14.3 Å². The Kier molecular flexibility index (Phi) is 6.21. The molecule has 3 aromatic heterocycles. The van der Waals surface area contributed by atoms with Crippen molar-refractivity contribution >= 4 is 17.0 Å². The molecule has 0 aliphatic carbocycles. The molecule has 1 N–H and O–H groups in total. The number of H-pyrrole nitrogens is 1. The maximum Gasteiger partial charge on any atom is 0.410 e. The van der Waals surface area contributed by atoms with Gasteiger partial charge in [0, 0.05) is 61.6 Å². The molecule has 36 heavy (non-hydrogen) atoms. The highest BCUT2D eigenvalue weighted by Crippen LogP contribution is 2.26. The fourth-order valence-electron chi connectivity index (χ4n) is 4.95. The summed E-state index contributed by atoms with van der Waals surface area (Å²) < 4.78 is 11.2. The lowest BCUT2D eigenvalue weighted by Gasteiger charge is -2.39. The average Bonchev–Trinajstić information content (AvgIpc) is 3.45. The lowest BCUT2D eigenvalue weighted by atomic mass is 10.0. The Morgan fingerprint density at radius 1 is 1.06 bits per heavy atom. The Bertz CT molecular complexity index is 1330. The van der Waals surface area contributed by atoms with E-state index in [-0.39, 0.29) is 12.1 Å². The van der Waals surface area contributed by atoms with Crippen molar-refractivity contribution in [3.05, 3.63) is 66.6 Å². The minimum Gasteiger partial charge on any atom is -0.449 e. The second-order valence-electron chi connectivity index (χ2n) is 9.28. The number of piperidine rings is 1. The maximum absolute atomic E-state index is 12.0. The number of cyclic esters (lactones) is 1. The van der Waals surface area contributed by atoms with Gasteiger partial charge in [-0.25, -0.2) is 9.78 Å². The summed E-state index contributed by atoms with van der Waals surface area (Å²) in [4.78, 5) is 25.6. The number of hydrogen-bond donors (Lipinski definition) is 1. The van der Waals surface area contributed by atoms with Gasteiger partial charge in [0.1, 0.15) is 5.75 Å². The monoisotopic (exact) mass is 484 g/mol. The van der Waals surface area contributed by atoms with Crippen molar-refractivity contribution in [1.29, 1.82) is 0 Å². The van der Waals surface area contributed by atoms with Gasteiger partial charge in [0.2, 0.25) is 5.88 Å². The van der Waals surface area contributed by atoms with Crippen LogP contribution in [0.3, 0.4) is 0 Å². The van der Waals surface area contributed by atoms with Crippen LogP contribution in [0.2, 0.25) is 0 Å². The van der Waals surface area contributed by atoms with E-state index >= 15 is 0 Å². The third-order valence-electron chi connectivity index (χ3n) is 6.88. The molecule has 9 nitrogen and oxygen atoms in total. The first kappa shape index (κ1) is 22.5. The lowest BCUT2D eigenvalue weighted by Crippen LogP contribution is -2.49. The highest BCUT2D eigenvalue weighted by Gasteiger charge is 2.30. The number of likely N-dealkylation sites (tertiary alicyclic amines) is 1. The van der Waals surface area contributed by atoms with Crippen LogP contribution in [0, 0.1) is 0 Å². The van der Waals surface area contributed by atoms with Crippen LogP contribution in [0.1, 0.15) is 25.0 Å². The number of rotatable bonds is 6. The van der Waals surface area contributed by atoms with Crippen molar-refractivity contribution in [2.75, 3.05) is 26.2 Å². The summed E-state index contributed by atoms with van der Waals surface area (Å²) in [5.74, 6) is 1.25. The zero-order chi connectivity index (χ0) is 24.3. The average molecular weight is 485 g/mol. The SMILES string of the molecule is O=C1OCCCN1C1CCN(Cc2ccc3cc(Oc4ccc(-c5ccn[nH]5)cn4)ccc3n2)CC1. The number of amides is 1. The van der Waals surface area contributed by atoms with E-state index in [0.29, 0.717) is 12.5 Å². The number of aromatic nitrogens is 4. The van der Waals surface area contributed by atoms with E-state index in [0.717, 1.165) is 79.0 Å². The molecule has 2 aliphatic rings. The van der Waals surface area contributed by atoms with Gasteiger partial charge >= 0.3 is 6.09 Å². The van der Waals surface area contributed by atoms with E-state index in [1.54, 1.807) is 12.4 Å². The first-order valence-corrected chi connectivity index (χ1v) is 12.4. The van der Waals surface area contributed by atoms with Crippen molar-refractivity contribution in [2.45, 2.75) is 31.8 Å². The van der Waals surface area contributed by atoms with Crippen LogP contribution < -0.4 is 4.74 Å². The first-order valence-electron chi connectivity index (χ1n) is 12.4. The number of aromatic amines is 1. The third kappa shape index (κ3) is 4.87. The van der Waals surface area contributed by atoms with Crippen LogP contribution in [0.5, 0.6) is 11.6 Å². The molecule has 0 saturated carbocycles. The fourth-order valence-corrected chi connectivity index (χ4v) is 4.95. The second-order valence-corrected chi connectivity index (χ2v) is 9.28. The summed E-state index contributed by atoms with van der Waals surface area (Å²) in [6, 6.07) is 16.1. The quantitative estimate of drug-likeness (QED) is 0.427. The third-order valence-corrected chi connectivity index (χ3v) is 6.88. The number of pyridine rings is 2. The zero-order valence-electron chi connectivity index (χ0n) is 20.0. The van der Waals surface area contributed by atoms with Crippen LogP contribution in [-0.4, -0.2) is 68.3 Å². The van der Waals surface area contributed by atoms with Gasteiger partial charge in [-0.05, 0) is 55.7 Å². The van der Waals surface area contributed by atoms with Gasteiger partial charge in [0.15, 0.2) is 0 Å². The smallest absolute Gasteiger partial charge is 0.410 e. The second kappa shape index (κ2) is 9.94. The van der Waals surface area contributed by atoms with E-state index in [9.17, 15) is 4.79 Å². The highest BCUT2D eigenvalue weighted by molar-refractivity contribution is 5.80. The van der Waals surface area contributed by atoms with Gasteiger partial charge in [-0.3, -0.25) is 15.0 Å². The van der Waals surface area contributed by atoms with Gasteiger partial charge in [-0.1, -0.05) is 6.07 Å². The normalized spacial score (nSPS) is 17.3. The van der Waals surface area contributed by atoms with Crippen molar-refractivity contribution in [2.24, 2.45) is 0 Å². The van der Waals surface area contributed by atoms with Crippen molar-refractivity contribution in [3.63, 3.8) is 0 Å². The molecule has 1 aromatic carbocycles. The molecule has 2 fully saturated rings. The van der Waals surface area contributed by atoms with E-state index in [1.165, 1.54) is 0 Å². The molecule has 6 rings (SSSR count). The topological polar surface area (TPSA) is 96.5 Å². The van der Waals surface area contributed by atoms with Crippen molar-refractivity contribution in [3.8, 4) is 22.9 Å². The number of hydrogen-bond acceptors (Lipinski definition) is 7. The summed E-state index contributed by atoms with van der Waals surface area (Å²) in [5, 5.41) is 7.92. The summed E-state index contributed by atoms with van der Waals surface area (Å²) >= 11 is 0. The molecule has 0 spiro atoms. The molecule has 2 saturated heterocycles. The summed E-state index contributed by atoms with van der Waals surface area (Å²) in [7, 11) is 0. The molecule has 1 amide bonds. The van der Waals surface area contributed by atoms with E-state index in [1.807, 2.05) is 41.3 Å². The number of nitrogens with zero attached hydrogens (tertiary/aromatic N) is 5. The molecule has 0 radical (unpaired) electrons. The van der Waals surface area contributed by atoms with Crippen LogP contribution in [-0.2, 0) is 11.3 Å². The van der Waals surface area contributed by atoms with E-state index in [2.05, 4.69) is 32.2 Å². The van der Waals surface area contributed by atoms with Crippen LogP contribution in [0.4, 0.5) is 4.79 Å². The van der Waals surface area contributed by atoms with Crippen LogP contribution >= 0.6 is 0 Å². The molecular weight excluding hydrogens is 456 g/mol. The van der Waals surface area contributed by atoms with Crippen LogP contribution in [0.25, 0.3) is 22.2 Å². The van der Waals surface area contributed by atoms with Crippen molar-refractivity contribution in [1.82, 2.24) is 30.0 Å². The predicted molar refractivity (Wildman–Crippen MR) is 135 cm³/mol. The molecule has 0 bridgehead atoms. The molecule has 0 unspecified atom stereocenters. The molecule has 0 atom stereocenters. The first-order chi connectivity index (χ1) is 17.7. The Labute approximate surface area is 209 Å². The molecule has 5 heterocycles. The van der Waals surface area contributed by atoms with E-state index in [4.69, 9.17) is 14.5 Å². The number of ether oxygens (including phenoxy) is 2. The Balaban J connectivity index is 1.07. The number of carbonyl (C=O) groups is 1. The summed E-state index contributed by atoms with van der Waals surface area (Å²) in [6.07, 6.45) is 6.19. The predicted octanol–water partition coefficient (Wildman–Crippen LogP) is 4.62. The summed E-state index contributed by atoms with van der Waals surface area (Å²) in [5.41, 5.74) is 3.85. The van der Waals surface area contributed by atoms with Gasteiger partial charge in [-0.2, -0.15) is 5.10 Å². The molecule has 9 heteroatoms. The minimum atomic E-state index is -0.152. The zero-order valence-corrected chi connectivity index (χ0v) is 20.0. The lowest BCUT2D eigenvalue weighted by molar-refractivity contribution is 0.0367. The summed E-state index contributed by atoms with van der Waals surface area (Å²) in [6.45, 7) is 4.07. The number of benzene rings is 1. The van der Waals surface area contributed by atoms with Crippen LogP contribution in [0.15, 0.2) is 60.9 Å². The Morgan fingerprint density at radius 2 is 1.97 bits per heavy atom. The largest absolute Gasteiger partial charge is 0.449 e. The van der Waals surface area contributed by atoms with Gasteiger partial charge in [0.05, 0.1) is 23.5 Å². The van der Waals surface area contributed by atoms with Gasteiger partial charge in [-0.15, -0.1) is 0 Å².